The van der Waals surface area contributed by atoms with E-state index in [0.717, 1.165) is 18.5 Å². The number of hydrogen-bond donors (Lipinski definition) is 3. The van der Waals surface area contributed by atoms with Crippen LogP contribution in [0.4, 0.5) is 0 Å². The fourth-order valence-corrected chi connectivity index (χ4v) is 2.67. The van der Waals surface area contributed by atoms with E-state index in [1.54, 1.807) is 12.1 Å². The fourth-order valence-electron chi connectivity index (χ4n) is 2.67. The average molecular weight is 276 g/mol. The molecule has 1 aliphatic rings. The van der Waals surface area contributed by atoms with Gasteiger partial charge < -0.3 is 15.7 Å². The summed E-state index contributed by atoms with van der Waals surface area (Å²) in [6, 6.07) is 7.42. The van der Waals surface area contributed by atoms with Crippen molar-refractivity contribution in [2.45, 2.75) is 38.6 Å². The molecule has 1 aromatic rings. The van der Waals surface area contributed by atoms with E-state index < -0.39 is 0 Å². The van der Waals surface area contributed by atoms with E-state index in [4.69, 9.17) is 0 Å². The van der Waals surface area contributed by atoms with Crippen LogP contribution >= 0.6 is 0 Å². The Hall–Kier alpha value is -1.55. The Bertz CT molecular complexity index is 431. The van der Waals surface area contributed by atoms with Crippen molar-refractivity contribution in [3.05, 3.63) is 29.8 Å². The van der Waals surface area contributed by atoms with Crippen LogP contribution in [0.1, 0.15) is 31.7 Å². The summed E-state index contributed by atoms with van der Waals surface area (Å²) in [5.74, 6) is 0.969. The van der Waals surface area contributed by atoms with Crippen LogP contribution in [-0.4, -0.2) is 30.1 Å². The number of phenols is 1. The highest BCUT2D eigenvalue weighted by Gasteiger charge is 2.22. The lowest BCUT2D eigenvalue weighted by Gasteiger charge is -2.29. The highest BCUT2D eigenvalue weighted by atomic mass is 16.3. The molecule has 1 fully saturated rings. The van der Waals surface area contributed by atoms with Gasteiger partial charge in [0.15, 0.2) is 0 Å². The third-order valence-corrected chi connectivity index (χ3v) is 4.01. The van der Waals surface area contributed by atoms with Crippen molar-refractivity contribution in [3.8, 4) is 5.75 Å². The largest absolute Gasteiger partial charge is 0.508 e. The van der Waals surface area contributed by atoms with Gasteiger partial charge in [-0.15, -0.1) is 0 Å². The van der Waals surface area contributed by atoms with Gasteiger partial charge in [-0.2, -0.15) is 0 Å². The van der Waals surface area contributed by atoms with Crippen molar-refractivity contribution in [2.75, 3.05) is 13.1 Å². The summed E-state index contributed by atoms with van der Waals surface area (Å²) in [5, 5.41) is 15.6. The van der Waals surface area contributed by atoms with E-state index in [-0.39, 0.29) is 11.7 Å². The molecule has 1 amide bonds. The Balaban J connectivity index is 1.68. The fraction of sp³-hybridized carbons (Fsp3) is 0.562. The smallest absolute Gasteiger partial charge is 0.221 e. The minimum Gasteiger partial charge on any atom is -0.508 e. The summed E-state index contributed by atoms with van der Waals surface area (Å²) in [5.41, 5.74) is 1.12. The first-order valence-electron chi connectivity index (χ1n) is 7.43. The first kappa shape index (κ1) is 14.9. The molecule has 0 saturated carbocycles. The lowest BCUT2D eigenvalue weighted by molar-refractivity contribution is -0.121. The van der Waals surface area contributed by atoms with E-state index >= 15 is 0 Å². The molecule has 0 spiro atoms. The number of piperidine rings is 1. The number of amides is 1. The molecular weight excluding hydrogens is 252 g/mol. The Kier molecular flexibility index (Phi) is 5.41. The molecule has 0 aromatic heterocycles. The van der Waals surface area contributed by atoms with Crippen LogP contribution in [0.2, 0.25) is 0 Å². The van der Waals surface area contributed by atoms with Crippen LogP contribution < -0.4 is 10.6 Å². The molecule has 1 heterocycles. The summed E-state index contributed by atoms with van der Waals surface area (Å²) in [4.78, 5) is 11.9. The zero-order valence-corrected chi connectivity index (χ0v) is 12.1. The summed E-state index contributed by atoms with van der Waals surface area (Å²) in [7, 11) is 0. The maximum Gasteiger partial charge on any atom is 0.221 e. The number of hydrogen-bond acceptors (Lipinski definition) is 3. The number of carbonyl (C=O) groups is 1. The molecule has 4 nitrogen and oxygen atoms in total. The maximum atomic E-state index is 11.9. The van der Waals surface area contributed by atoms with E-state index in [2.05, 4.69) is 17.6 Å². The molecule has 1 aromatic carbocycles. The third kappa shape index (κ3) is 4.53. The first-order chi connectivity index (χ1) is 9.65. The Morgan fingerprint density at radius 2 is 2.15 bits per heavy atom. The summed E-state index contributed by atoms with van der Waals surface area (Å²) in [6.45, 7) is 3.88. The Morgan fingerprint density at radius 3 is 2.85 bits per heavy atom. The molecule has 1 saturated heterocycles. The van der Waals surface area contributed by atoms with Crippen molar-refractivity contribution >= 4 is 5.91 Å². The summed E-state index contributed by atoms with van der Waals surface area (Å²) >= 11 is 0. The second-order valence-electron chi connectivity index (χ2n) is 5.65. The van der Waals surface area contributed by atoms with Crippen molar-refractivity contribution < 1.29 is 9.90 Å². The molecule has 0 bridgehead atoms. The van der Waals surface area contributed by atoms with Crippen LogP contribution in [0, 0.1) is 5.92 Å². The third-order valence-electron chi connectivity index (χ3n) is 4.01. The quantitative estimate of drug-likeness (QED) is 0.769. The number of phenolic OH excluding ortho intramolecular Hbond substituents is 1. The van der Waals surface area contributed by atoms with Gasteiger partial charge in [-0.1, -0.05) is 19.1 Å². The zero-order valence-electron chi connectivity index (χ0n) is 12.1. The summed E-state index contributed by atoms with van der Waals surface area (Å²) in [6.07, 6.45) is 3.77. The molecule has 0 radical (unpaired) electrons. The van der Waals surface area contributed by atoms with Gasteiger partial charge in [-0.25, -0.2) is 0 Å². The first-order valence-corrected chi connectivity index (χ1v) is 7.43. The monoisotopic (exact) mass is 276 g/mol. The highest BCUT2D eigenvalue weighted by Crippen LogP contribution is 2.17. The molecule has 1 aliphatic heterocycles. The van der Waals surface area contributed by atoms with Gasteiger partial charge in [0, 0.05) is 19.0 Å². The van der Waals surface area contributed by atoms with E-state index in [1.807, 2.05) is 12.1 Å². The second kappa shape index (κ2) is 7.29. The molecule has 2 rings (SSSR count). The van der Waals surface area contributed by atoms with Crippen LogP contribution in [0.5, 0.6) is 5.75 Å². The molecular formula is C16H24N2O2. The molecule has 2 unspecified atom stereocenters. The van der Waals surface area contributed by atoms with Gasteiger partial charge in [-0.3, -0.25) is 4.79 Å². The standard InChI is InChI=1S/C16H24N2O2/c1-12-3-2-9-17-15(12)11-16(20)18-10-8-13-4-6-14(19)7-5-13/h4-7,12,15,17,19H,2-3,8-11H2,1H3,(H,18,20). The molecule has 110 valence electrons. The Labute approximate surface area is 120 Å². The highest BCUT2D eigenvalue weighted by molar-refractivity contribution is 5.76. The SMILES string of the molecule is CC1CCCNC1CC(=O)NCCc1ccc(O)cc1. The molecule has 2 atom stereocenters. The van der Waals surface area contributed by atoms with Crippen molar-refractivity contribution in [2.24, 2.45) is 5.92 Å². The van der Waals surface area contributed by atoms with Crippen LogP contribution in [0.15, 0.2) is 24.3 Å². The van der Waals surface area contributed by atoms with Gasteiger partial charge >= 0.3 is 0 Å². The van der Waals surface area contributed by atoms with Gasteiger partial charge in [0.05, 0.1) is 0 Å². The molecule has 0 aliphatic carbocycles. The van der Waals surface area contributed by atoms with Crippen molar-refractivity contribution in [1.29, 1.82) is 0 Å². The predicted molar refractivity (Wildman–Crippen MR) is 79.6 cm³/mol. The zero-order chi connectivity index (χ0) is 14.4. The topological polar surface area (TPSA) is 61.4 Å². The number of aromatic hydroxyl groups is 1. The van der Waals surface area contributed by atoms with E-state index in [0.29, 0.717) is 24.9 Å². The second-order valence-corrected chi connectivity index (χ2v) is 5.65. The van der Waals surface area contributed by atoms with E-state index in [1.165, 1.54) is 12.8 Å². The molecule has 4 heteroatoms. The average Bonchev–Trinajstić information content (AvgIpc) is 2.44. The molecule has 20 heavy (non-hydrogen) atoms. The lowest BCUT2D eigenvalue weighted by Crippen LogP contribution is -2.43. The van der Waals surface area contributed by atoms with Crippen LogP contribution in [-0.2, 0) is 11.2 Å². The predicted octanol–water partition coefficient (Wildman–Crippen LogP) is 1.83. The van der Waals surface area contributed by atoms with Gasteiger partial charge in [-0.05, 0) is 49.4 Å². The lowest BCUT2D eigenvalue weighted by atomic mass is 9.90. The Morgan fingerprint density at radius 1 is 1.40 bits per heavy atom. The van der Waals surface area contributed by atoms with Gasteiger partial charge in [0.2, 0.25) is 5.91 Å². The van der Waals surface area contributed by atoms with Gasteiger partial charge in [0.1, 0.15) is 5.75 Å². The van der Waals surface area contributed by atoms with Crippen LogP contribution in [0.25, 0.3) is 0 Å². The maximum absolute atomic E-state index is 11.9. The van der Waals surface area contributed by atoms with E-state index in [9.17, 15) is 9.90 Å². The van der Waals surface area contributed by atoms with Crippen LogP contribution in [0.3, 0.4) is 0 Å². The number of benzene rings is 1. The minimum absolute atomic E-state index is 0.120. The number of rotatable bonds is 5. The minimum atomic E-state index is 0.120. The number of nitrogens with one attached hydrogen (secondary N) is 2. The van der Waals surface area contributed by atoms with Gasteiger partial charge in [0.25, 0.3) is 0 Å². The number of carbonyl (C=O) groups excluding carboxylic acids is 1. The molecule has 3 N–H and O–H groups in total. The van der Waals surface area contributed by atoms with Crippen molar-refractivity contribution in [1.82, 2.24) is 10.6 Å². The summed E-state index contributed by atoms with van der Waals surface area (Å²) < 4.78 is 0. The normalized spacial score (nSPS) is 22.4. The van der Waals surface area contributed by atoms with Crippen molar-refractivity contribution in [3.63, 3.8) is 0 Å².